The van der Waals surface area contributed by atoms with Crippen LogP contribution in [0.2, 0.25) is 0 Å². The van der Waals surface area contributed by atoms with Crippen molar-refractivity contribution in [2.24, 2.45) is 0 Å². The van der Waals surface area contributed by atoms with E-state index in [1.165, 1.54) is 44.6 Å². The van der Waals surface area contributed by atoms with Crippen LogP contribution in [0.4, 0.5) is 17.1 Å². The molecule has 11 heteroatoms. The van der Waals surface area contributed by atoms with E-state index in [1.54, 1.807) is 30.3 Å². The van der Waals surface area contributed by atoms with Crippen molar-refractivity contribution in [1.82, 2.24) is 0 Å². The van der Waals surface area contributed by atoms with E-state index in [4.69, 9.17) is 9.47 Å². The van der Waals surface area contributed by atoms with Gasteiger partial charge in [-0.15, -0.1) is 0 Å². The Hall–Kier alpha value is -4.12. The Balaban J connectivity index is 1.94. The number of nitro groups is 1. The van der Waals surface area contributed by atoms with Crippen LogP contribution in [0.3, 0.4) is 0 Å². The molecule has 3 aromatic rings. The first kappa shape index (κ1) is 22.6. The molecule has 32 heavy (non-hydrogen) atoms. The highest BCUT2D eigenvalue weighted by atomic mass is 32.2. The average Bonchev–Trinajstić information content (AvgIpc) is 2.80. The van der Waals surface area contributed by atoms with Gasteiger partial charge in [0.15, 0.2) is 0 Å². The first-order valence-electron chi connectivity index (χ1n) is 9.15. The van der Waals surface area contributed by atoms with Crippen LogP contribution in [-0.4, -0.2) is 33.5 Å². The molecule has 3 aromatic carbocycles. The zero-order valence-corrected chi connectivity index (χ0v) is 17.9. The number of hydrogen-bond donors (Lipinski definition) is 2. The number of carbonyl (C=O) groups excluding carboxylic acids is 1. The van der Waals surface area contributed by atoms with Gasteiger partial charge in [0.1, 0.15) is 11.5 Å². The van der Waals surface area contributed by atoms with Crippen LogP contribution in [0.1, 0.15) is 10.4 Å². The van der Waals surface area contributed by atoms with Gasteiger partial charge in [0.05, 0.1) is 35.4 Å². The van der Waals surface area contributed by atoms with Crippen LogP contribution < -0.4 is 19.5 Å². The van der Waals surface area contributed by atoms with Gasteiger partial charge in [0, 0.05) is 29.8 Å². The molecule has 1 amide bonds. The predicted molar refractivity (Wildman–Crippen MR) is 118 cm³/mol. The van der Waals surface area contributed by atoms with Crippen LogP contribution in [0.15, 0.2) is 71.6 Å². The van der Waals surface area contributed by atoms with Gasteiger partial charge >= 0.3 is 0 Å². The third-order valence-corrected chi connectivity index (χ3v) is 5.75. The molecule has 0 aliphatic carbocycles. The van der Waals surface area contributed by atoms with E-state index in [2.05, 4.69) is 10.0 Å². The number of nitrogens with zero attached hydrogens (tertiary/aromatic N) is 1. The number of anilines is 2. The van der Waals surface area contributed by atoms with Gasteiger partial charge < -0.3 is 14.8 Å². The van der Waals surface area contributed by atoms with Gasteiger partial charge in [-0.3, -0.25) is 19.6 Å². The third-order valence-electron chi connectivity index (χ3n) is 4.39. The number of methoxy groups -OCH3 is 2. The summed E-state index contributed by atoms with van der Waals surface area (Å²) in [7, 11) is -1.49. The van der Waals surface area contributed by atoms with Crippen molar-refractivity contribution in [3.05, 3.63) is 82.4 Å². The summed E-state index contributed by atoms with van der Waals surface area (Å²) in [6, 6.07) is 15.9. The number of hydrogen-bond acceptors (Lipinski definition) is 7. The standard InChI is InChI=1S/C21H19N3O7S/c1-30-19-13-18(23-32(28,29)16-10-6-9-15(11-16)24(26)27)20(31-2)12-17(19)22-21(25)14-7-4-3-5-8-14/h3-13,23H,1-2H3,(H,22,25). The fourth-order valence-corrected chi connectivity index (χ4v) is 3.93. The van der Waals surface area contributed by atoms with Gasteiger partial charge in [-0.1, -0.05) is 24.3 Å². The molecule has 166 valence electrons. The summed E-state index contributed by atoms with van der Waals surface area (Å²) < 4.78 is 38.5. The van der Waals surface area contributed by atoms with Crippen molar-refractivity contribution < 1.29 is 27.6 Å². The number of rotatable bonds is 8. The quantitative estimate of drug-likeness (QED) is 0.389. The molecule has 3 rings (SSSR count). The number of ether oxygens (including phenoxy) is 2. The zero-order chi connectivity index (χ0) is 23.3. The highest BCUT2D eigenvalue weighted by Gasteiger charge is 2.22. The Bertz CT molecular complexity index is 1260. The molecule has 0 aliphatic rings. The van der Waals surface area contributed by atoms with Crippen LogP contribution in [0.5, 0.6) is 11.5 Å². The number of benzene rings is 3. The maximum absolute atomic E-state index is 12.8. The van der Waals surface area contributed by atoms with Crippen molar-refractivity contribution in [3.8, 4) is 11.5 Å². The number of amides is 1. The minimum atomic E-state index is -4.18. The van der Waals surface area contributed by atoms with E-state index in [9.17, 15) is 23.3 Å². The maximum Gasteiger partial charge on any atom is 0.270 e. The fourth-order valence-electron chi connectivity index (χ4n) is 2.83. The van der Waals surface area contributed by atoms with Gasteiger partial charge in [0.25, 0.3) is 21.6 Å². The number of non-ortho nitro benzene ring substituents is 1. The van der Waals surface area contributed by atoms with E-state index >= 15 is 0 Å². The second kappa shape index (κ2) is 9.35. The van der Waals surface area contributed by atoms with E-state index < -0.39 is 20.9 Å². The highest BCUT2D eigenvalue weighted by Crippen LogP contribution is 2.37. The second-order valence-electron chi connectivity index (χ2n) is 6.43. The minimum Gasteiger partial charge on any atom is -0.494 e. The summed E-state index contributed by atoms with van der Waals surface area (Å²) in [6.45, 7) is 0. The summed E-state index contributed by atoms with van der Waals surface area (Å²) in [5.41, 5.74) is 0.338. The largest absolute Gasteiger partial charge is 0.494 e. The molecule has 2 N–H and O–H groups in total. The summed E-state index contributed by atoms with van der Waals surface area (Å²) in [6.07, 6.45) is 0. The highest BCUT2D eigenvalue weighted by molar-refractivity contribution is 7.92. The number of sulfonamides is 1. The predicted octanol–water partition coefficient (Wildman–Crippen LogP) is 3.67. The monoisotopic (exact) mass is 457 g/mol. The van der Waals surface area contributed by atoms with Crippen molar-refractivity contribution in [2.45, 2.75) is 4.90 Å². The van der Waals surface area contributed by atoms with Crippen LogP contribution in [0.25, 0.3) is 0 Å². The molecular weight excluding hydrogens is 438 g/mol. The normalized spacial score (nSPS) is 10.8. The van der Waals surface area contributed by atoms with Gasteiger partial charge in [0.2, 0.25) is 0 Å². The van der Waals surface area contributed by atoms with E-state index in [0.29, 0.717) is 5.56 Å². The molecule has 0 aromatic heterocycles. The summed E-state index contributed by atoms with van der Waals surface area (Å²) in [5, 5.41) is 13.7. The lowest BCUT2D eigenvalue weighted by molar-refractivity contribution is -0.385. The topological polar surface area (TPSA) is 137 Å². The molecule has 0 saturated heterocycles. The Labute approximate surface area is 184 Å². The lowest BCUT2D eigenvalue weighted by Crippen LogP contribution is -2.15. The van der Waals surface area contributed by atoms with Crippen LogP contribution >= 0.6 is 0 Å². The van der Waals surface area contributed by atoms with Gasteiger partial charge in [-0.25, -0.2) is 8.42 Å². The first-order valence-corrected chi connectivity index (χ1v) is 10.6. The number of nitro benzene ring substituents is 1. The lowest BCUT2D eigenvalue weighted by atomic mass is 10.2. The van der Waals surface area contributed by atoms with Crippen molar-refractivity contribution >= 4 is 33.0 Å². The van der Waals surface area contributed by atoms with Gasteiger partial charge in [-0.05, 0) is 18.2 Å². The Morgan fingerprint density at radius 3 is 2.16 bits per heavy atom. The average molecular weight is 457 g/mol. The molecule has 0 heterocycles. The molecule has 10 nitrogen and oxygen atoms in total. The minimum absolute atomic E-state index is 0.0218. The van der Waals surface area contributed by atoms with E-state index in [0.717, 1.165) is 6.07 Å². The summed E-state index contributed by atoms with van der Waals surface area (Å²) >= 11 is 0. The summed E-state index contributed by atoms with van der Waals surface area (Å²) in [5.74, 6) is -0.120. The molecule has 0 bridgehead atoms. The van der Waals surface area contributed by atoms with E-state index in [-0.39, 0.29) is 33.5 Å². The SMILES string of the molecule is COc1cc(NS(=O)(=O)c2cccc([N+](=O)[O-])c2)c(OC)cc1NC(=O)c1ccccc1. The zero-order valence-electron chi connectivity index (χ0n) is 17.1. The molecule has 0 radical (unpaired) electrons. The maximum atomic E-state index is 12.8. The Morgan fingerprint density at radius 1 is 0.906 bits per heavy atom. The molecule has 0 spiro atoms. The second-order valence-corrected chi connectivity index (χ2v) is 8.12. The number of nitrogens with one attached hydrogen (secondary N) is 2. The molecule has 0 aliphatic heterocycles. The fraction of sp³-hybridized carbons (Fsp3) is 0.0952. The van der Waals surface area contributed by atoms with Gasteiger partial charge in [-0.2, -0.15) is 0 Å². The molecule has 0 unspecified atom stereocenters. The van der Waals surface area contributed by atoms with Crippen molar-refractivity contribution in [2.75, 3.05) is 24.3 Å². The molecule has 0 atom stereocenters. The van der Waals surface area contributed by atoms with Crippen LogP contribution in [0, 0.1) is 10.1 Å². The van der Waals surface area contributed by atoms with Crippen molar-refractivity contribution in [1.29, 1.82) is 0 Å². The smallest absolute Gasteiger partial charge is 0.270 e. The Kier molecular flexibility index (Phi) is 6.59. The molecule has 0 saturated carbocycles. The van der Waals surface area contributed by atoms with Crippen molar-refractivity contribution in [3.63, 3.8) is 0 Å². The van der Waals surface area contributed by atoms with E-state index in [1.807, 2.05) is 0 Å². The molecule has 0 fully saturated rings. The summed E-state index contributed by atoms with van der Waals surface area (Å²) in [4.78, 5) is 22.5. The third kappa shape index (κ3) is 4.95. The lowest BCUT2D eigenvalue weighted by Gasteiger charge is -2.17. The first-order chi connectivity index (χ1) is 15.2. The number of carbonyl (C=O) groups is 1. The Morgan fingerprint density at radius 2 is 1.53 bits per heavy atom. The molecular formula is C21H19N3O7S. The van der Waals surface area contributed by atoms with Crippen LogP contribution in [-0.2, 0) is 10.0 Å².